The molecule has 0 aliphatic carbocycles. The van der Waals surface area contributed by atoms with Crippen molar-refractivity contribution in [2.24, 2.45) is 5.92 Å². The van der Waals surface area contributed by atoms with Crippen molar-refractivity contribution >= 4 is 43.8 Å². The van der Waals surface area contributed by atoms with E-state index in [1.165, 1.54) is 68.9 Å². The highest BCUT2D eigenvalue weighted by molar-refractivity contribution is 7.92. The van der Waals surface area contributed by atoms with Crippen molar-refractivity contribution in [3.63, 3.8) is 0 Å². The molecule has 0 heterocycles. The van der Waals surface area contributed by atoms with Gasteiger partial charge in [-0.15, -0.1) is 0 Å². The van der Waals surface area contributed by atoms with Gasteiger partial charge in [0.2, 0.25) is 5.91 Å². The van der Waals surface area contributed by atoms with Crippen LogP contribution in [0.3, 0.4) is 0 Å². The summed E-state index contributed by atoms with van der Waals surface area (Å²) in [5.74, 6) is -0.417. The van der Waals surface area contributed by atoms with Gasteiger partial charge in [-0.05, 0) is 78.1 Å². The quantitative estimate of drug-likeness (QED) is 0.0770. The van der Waals surface area contributed by atoms with Gasteiger partial charge in [0.15, 0.2) is 9.84 Å². The Labute approximate surface area is 278 Å². The molecular weight excluding hydrogens is 612 g/mol. The van der Waals surface area contributed by atoms with Crippen LogP contribution in [0.15, 0.2) is 89.8 Å². The van der Waals surface area contributed by atoms with Crippen LogP contribution in [0.4, 0.5) is 11.4 Å². The average Bonchev–Trinajstić information content (AvgIpc) is 3.06. The van der Waals surface area contributed by atoms with E-state index in [9.17, 15) is 23.1 Å². The van der Waals surface area contributed by atoms with Crippen molar-refractivity contribution in [3.05, 3.63) is 90.5 Å². The number of ether oxygens (including phenoxy) is 1. The van der Waals surface area contributed by atoms with E-state index in [4.69, 9.17) is 4.74 Å². The molecule has 0 aliphatic heterocycles. The number of carbonyl (C=O) groups is 2. The lowest BCUT2D eigenvalue weighted by atomic mass is 10.0. The molecule has 0 radical (unpaired) electrons. The molecule has 9 heteroatoms. The number of hydrogen-bond acceptors (Lipinski definition) is 6. The third-order valence-electron chi connectivity index (χ3n) is 8.30. The Bertz CT molecular complexity index is 1750. The van der Waals surface area contributed by atoms with Gasteiger partial charge < -0.3 is 20.5 Å². The summed E-state index contributed by atoms with van der Waals surface area (Å²) < 4.78 is 32.8. The number of aromatic hydroxyl groups is 1. The minimum absolute atomic E-state index is 0.0292. The van der Waals surface area contributed by atoms with Crippen LogP contribution in [-0.4, -0.2) is 37.2 Å². The predicted octanol–water partition coefficient (Wildman–Crippen LogP) is 8.75. The van der Waals surface area contributed by atoms with Gasteiger partial charge in [0.1, 0.15) is 16.7 Å². The monoisotopic (exact) mass is 658 g/mol. The smallest absolute Gasteiger partial charge is 0.255 e. The van der Waals surface area contributed by atoms with Crippen molar-refractivity contribution < 1.29 is 27.9 Å². The van der Waals surface area contributed by atoms with Gasteiger partial charge in [0.05, 0.1) is 17.2 Å². The van der Waals surface area contributed by atoms with Crippen LogP contribution in [0.5, 0.6) is 11.5 Å². The zero-order valence-electron chi connectivity index (χ0n) is 27.5. The third-order valence-corrected chi connectivity index (χ3v) is 10.5. The van der Waals surface area contributed by atoms with Crippen LogP contribution in [-0.2, 0) is 14.6 Å². The highest BCUT2D eigenvalue weighted by atomic mass is 32.2. The number of phenolic OH excluding ortho intramolecular Hbond substituents is 1. The fourth-order valence-electron chi connectivity index (χ4n) is 5.49. The van der Waals surface area contributed by atoms with Crippen LogP contribution in [0.1, 0.15) is 82.5 Å². The fourth-order valence-corrected chi connectivity index (χ4v) is 7.12. The molecular formula is C38H46N2O6S. The van der Waals surface area contributed by atoms with Gasteiger partial charge in [-0.2, -0.15) is 0 Å². The second kappa shape index (κ2) is 17.0. The molecule has 0 bridgehead atoms. The van der Waals surface area contributed by atoms with E-state index in [2.05, 4.69) is 24.5 Å². The molecule has 0 aromatic heterocycles. The summed E-state index contributed by atoms with van der Waals surface area (Å²) in [4.78, 5) is 26.0. The number of hydrogen-bond donors (Lipinski definition) is 3. The number of phenols is 1. The maximum atomic E-state index is 13.4. The van der Waals surface area contributed by atoms with E-state index in [-0.39, 0.29) is 28.4 Å². The van der Waals surface area contributed by atoms with Gasteiger partial charge in [-0.25, -0.2) is 8.42 Å². The number of benzene rings is 4. The third kappa shape index (κ3) is 9.81. The Morgan fingerprint density at radius 3 is 2.21 bits per heavy atom. The Morgan fingerprint density at radius 2 is 1.51 bits per heavy atom. The molecule has 250 valence electrons. The first-order chi connectivity index (χ1) is 22.6. The number of rotatable bonds is 17. The van der Waals surface area contributed by atoms with E-state index in [0.29, 0.717) is 23.8 Å². The van der Waals surface area contributed by atoms with E-state index < -0.39 is 26.9 Å². The first kappa shape index (κ1) is 35.5. The molecule has 47 heavy (non-hydrogen) atoms. The zero-order chi connectivity index (χ0) is 33.8. The Kier molecular flexibility index (Phi) is 12.8. The SMILES string of the molecule is CCCCCCCCC(C)COc1ccc(S(=O)(=O)C(CC)C(=O)Nc2ccc(NC(=O)c3ccc4ccccc4c3)c(O)c2)cc1. The highest BCUT2D eigenvalue weighted by Gasteiger charge is 2.32. The summed E-state index contributed by atoms with van der Waals surface area (Å²) in [5.41, 5.74) is 0.776. The summed E-state index contributed by atoms with van der Waals surface area (Å²) in [6, 6.07) is 23.4. The molecule has 0 spiro atoms. The molecule has 4 aromatic rings. The standard InChI is InChI=1S/C38H46N2O6S/c1-4-6-7-8-9-10-13-27(3)26-46-32-19-21-33(22-20-32)47(44,45)36(5-2)38(43)39-31-18-23-34(35(41)25-31)40-37(42)30-17-16-28-14-11-12-15-29(28)24-30/h11-12,14-25,27,36,41H,4-10,13,26H2,1-3H3,(H,39,43)(H,40,42). The largest absolute Gasteiger partial charge is 0.506 e. The fraction of sp³-hybridized carbons (Fsp3) is 0.368. The lowest BCUT2D eigenvalue weighted by Gasteiger charge is -2.17. The highest BCUT2D eigenvalue weighted by Crippen LogP contribution is 2.29. The molecule has 2 atom stereocenters. The van der Waals surface area contributed by atoms with Gasteiger partial charge in [0.25, 0.3) is 5.91 Å². The average molecular weight is 659 g/mol. The second-order valence-electron chi connectivity index (χ2n) is 12.1. The van der Waals surface area contributed by atoms with Gasteiger partial charge in [-0.1, -0.05) is 89.6 Å². The molecule has 8 nitrogen and oxygen atoms in total. The molecule has 4 aromatic carbocycles. The topological polar surface area (TPSA) is 122 Å². The minimum Gasteiger partial charge on any atom is -0.506 e. The lowest BCUT2D eigenvalue weighted by molar-refractivity contribution is -0.115. The number of unbranched alkanes of at least 4 members (excludes halogenated alkanes) is 5. The van der Waals surface area contributed by atoms with E-state index in [1.54, 1.807) is 31.2 Å². The van der Waals surface area contributed by atoms with E-state index in [1.807, 2.05) is 30.3 Å². The molecule has 2 unspecified atom stereocenters. The van der Waals surface area contributed by atoms with Crippen molar-refractivity contribution in [3.8, 4) is 11.5 Å². The minimum atomic E-state index is -4.01. The predicted molar refractivity (Wildman–Crippen MR) is 189 cm³/mol. The summed E-state index contributed by atoms with van der Waals surface area (Å²) in [7, 11) is -4.01. The Morgan fingerprint density at radius 1 is 0.809 bits per heavy atom. The molecule has 2 amide bonds. The van der Waals surface area contributed by atoms with E-state index >= 15 is 0 Å². The molecule has 3 N–H and O–H groups in total. The van der Waals surface area contributed by atoms with Gasteiger partial charge >= 0.3 is 0 Å². The molecule has 0 fully saturated rings. The number of carbonyl (C=O) groups excluding carboxylic acids is 2. The summed E-state index contributed by atoms with van der Waals surface area (Å²) in [6.45, 7) is 6.56. The summed E-state index contributed by atoms with van der Waals surface area (Å²) in [5, 5.41) is 16.4. The van der Waals surface area contributed by atoms with Gasteiger partial charge in [-0.3, -0.25) is 9.59 Å². The van der Waals surface area contributed by atoms with E-state index in [0.717, 1.165) is 17.2 Å². The number of sulfone groups is 1. The van der Waals surface area contributed by atoms with Crippen molar-refractivity contribution in [2.45, 2.75) is 82.3 Å². The maximum Gasteiger partial charge on any atom is 0.255 e. The lowest BCUT2D eigenvalue weighted by Crippen LogP contribution is -2.34. The zero-order valence-corrected chi connectivity index (χ0v) is 28.3. The van der Waals surface area contributed by atoms with Crippen LogP contribution in [0, 0.1) is 5.92 Å². The Hall–Kier alpha value is -4.37. The van der Waals surface area contributed by atoms with Crippen molar-refractivity contribution in [1.29, 1.82) is 0 Å². The second-order valence-corrected chi connectivity index (χ2v) is 14.3. The van der Waals surface area contributed by atoms with Crippen LogP contribution in [0.2, 0.25) is 0 Å². The number of amides is 2. The normalized spacial score (nSPS) is 12.7. The first-order valence-corrected chi connectivity index (χ1v) is 18.1. The maximum absolute atomic E-state index is 13.4. The van der Waals surface area contributed by atoms with Crippen molar-refractivity contribution in [1.82, 2.24) is 0 Å². The van der Waals surface area contributed by atoms with Gasteiger partial charge in [0, 0.05) is 17.3 Å². The molecule has 0 aliphatic rings. The number of anilines is 2. The summed E-state index contributed by atoms with van der Waals surface area (Å²) >= 11 is 0. The molecule has 0 saturated heterocycles. The van der Waals surface area contributed by atoms with Crippen molar-refractivity contribution in [2.75, 3.05) is 17.2 Å². The van der Waals surface area contributed by atoms with Crippen LogP contribution in [0.25, 0.3) is 10.8 Å². The van der Waals surface area contributed by atoms with Crippen LogP contribution >= 0.6 is 0 Å². The van der Waals surface area contributed by atoms with Crippen LogP contribution < -0.4 is 15.4 Å². The number of nitrogens with one attached hydrogen (secondary N) is 2. The summed E-state index contributed by atoms with van der Waals surface area (Å²) in [6.07, 6.45) is 8.66. The first-order valence-electron chi connectivity index (χ1n) is 16.5. The molecule has 0 saturated carbocycles. The number of fused-ring (bicyclic) bond motifs is 1. The molecule has 4 rings (SSSR count). The Balaban J connectivity index is 1.32.